The zero-order valence-corrected chi connectivity index (χ0v) is 14.9. The predicted molar refractivity (Wildman–Crippen MR) is 97.4 cm³/mol. The van der Waals surface area contributed by atoms with Gasteiger partial charge >= 0.3 is 0 Å². The molecule has 0 radical (unpaired) electrons. The first-order valence-electron chi connectivity index (χ1n) is 7.85. The minimum atomic E-state index is 0.895. The van der Waals surface area contributed by atoms with Crippen LogP contribution in [0.25, 0.3) is 16.2 Å². The van der Waals surface area contributed by atoms with Crippen molar-refractivity contribution in [3.05, 3.63) is 34.8 Å². The Morgan fingerprint density at radius 1 is 1.30 bits per heavy atom. The van der Waals surface area contributed by atoms with Gasteiger partial charge in [0.05, 0.1) is 4.88 Å². The van der Waals surface area contributed by atoms with Crippen molar-refractivity contribution < 1.29 is 0 Å². The van der Waals surface area contributed by atoms with Gasteiger partial charge in [-0.15, -0.1) is 11.3 Å². The molecule has 0 fully saturated rings. The molecular weight excluding hydrogens is 306 g/mol. The summed E-state index contributed by atoms with van der Waals surface area (Å²) in [6.45, 7) is 6.14. The minimum absolute atomic E-state index is 0.895. The van der Waals surface area contributed by atoms with E-state index in [2.05, 4.69) is 60.7 Å². The smallest absolute Gasteiger partial charge is 0.158 e. The summed E-state index contributed by atoms with van der Waals surface area (Å²) in [5, 5.41) is 10.4. The molecule has 0 spiro atoms. The number of hydrogen-bond acceptors (Lipinski definition) is 5. The van der Waals surface area contributed by atoms with E-state index >= 15 is 0 Å². The zero-order valence-electron chi connectivity index (χ0n) is 14.1. The van der Waals surface area contributed by atoms with Crippen LogP contribution >= 0.6 is 11.3 Å². The van der Waals surface area contributed by atoms with E-state index in [1.807, 2.05) is 10.6 Å². The SMILES string of the molecule is Cc1nc2cc(-c3cccs3)nn2c(NCCCN(C)C)c1C. The lowest BCUT2D eigenvalue weighted by Gasteiger charge is -2.14. The molecule has 0 aliphatic rings. The Hall–Kier alpha value is -1.92. The van der Waals surface area contributed by atoms with Gasteiger partial charge in [0.1, 0.15) is 11.5 Å². The van der Waals surface area contributed by atoms with Crippen molar-refractivity contribution in [1.82, 2.24) is 19.5 Å². The van der Waals surface area contributed by atoms with Crippen LogP contribution in [0.5, 0.6) is 0 Å². The molecule has 122 valence electrons. The second-order valence-electron chi connectivity index (χ2n) is 6.03. The molecule has 3 rings (SSSR count). The Balaban J connectivity index is 1.93. The van der Waals surface area contributed by atoms with Gasteiger partial charge in [-0.2, -0.15) is 9.61 Å². The van der Waals surface area contributed by atoms with Gasteiger partial charge in [-0.25, -0.2) is 4.98 Å². The number of aromatic nitrogens is 3. The van der Waals surface area contributed by atoms with Crippen LogP contribution in [0, 0.1) is 13.8 Å². The molecule has 1 N–H and O–H groups in total. The first-order valence-corrected chi connectivity index (χ1v) is 8.73. The van der Waals surface area contributed by atoms with Gasteiger partial charge in [0.2, 0.25) is 0 Å². The highest BCUT2D eigenvalue weighted by atomic mass is 32.1. The molecule has 0 bridgehead atoms. The van der Waals surface area contributed by atoms with E-state index in [9.17, 15) is 0 Å². The summed E-state index contributed by atoms with van der Waals surface area (Å²) in [5.41, 5.74) is 4.08. The number of hydrogen-bond donors (Lipinski definition) is 1. The quantitative estimate of drug-likeness (QED) is 0.704. The van der Waals surface area contributed by atoms with E-state index in [1.54, 1.807) is 11.3 Å². The first-order chi connectivity index (χ1) is 11.1. The highest BCUT2D eigenvalue weighted by molar-refractivity contribution is 7.13. The number of nitrogens with zero attached hydrogens (tertiary/aromatic N) is 4. The molecule has 3 aromatic rings. The monoisotopic (exact) mass is 329 g/mol. The summed E-state index contributed by atoms with van der Waals surface area (Å²) < 4.78 is 1.94. The number of anilines is 1. The summed E-state index contributed by atoms with van der Waals surface area (Å²) in [7, 11) is 4.20. The summed E-state index contributed by atoms with van der Waals surface area (Å²) in [6.07, 6.45) is 1.09. The maximum atomic E-state index is 4.76. The van der Waals surface area contributed by atoms with Crippen LogP contribution in [-0.2, 0) is 0 Å². The molecule has 0 aliphatic heterocycles. The summed E-state index contributed by atoms with van der Waals surface area (Å²) in [6, 6.07) is 6.20. The van der Waals surface area contributed by atoms with Crippen LogP contribution < -0.4 is 5.32 Å². The van der Waals surface area contributed by atoms with Crippen LogP contribution in [0.2, 0.25) is 0 Å². The molecule has 3 heterocycles. The second-order valence-corrected chi connectivity index (χ2v) is 6.98. The maximum Gasteiger partial charge on any atom is 0.158 e. The molecule has 0 aromatic carbocycles. The Labute approximate surface area is 141 Å². The number of thiophene rings is 1. The van der Waals surface area contributed by atoms with Gasteiger partial charge < -0.3 is 10.2 Å². The fourth-order valence-corrected chi connectivity index (χ4v) is 3.24. The number of nitrogens with one attached hydrogen (secondary N) is 1. The molecule has 0 unspecified atom stereocenters. The molecular formula is C17H23N5S. The molecule has 5 nitrogen and oxygen atoms in total. The van der Waals surface area contributed by atoms with E-state index in [-0.39, 0.29) is 0 Å². The first kappa shape index (κ1) is 16.0. The van der Waals surface area contributed by atoms with E-state index in [0.717, 1.165) is 47.9 Å². The Bertz CT molecular complexity index is 789. The third-order valence-electron chi connectivity index (χ3n) is 3.93. The second kappa shape index (κ2) is 6.68. The highest BCUT2D eigenvalue weighted by Gasteiger charge is 2.13. The summed E-state index contributed by atoms with van der Waals surface area (Å²) in [4.78, 5) is 8.05. The van der Waals surface area contributed by atoms with E-state index in [4.69, 9.17) is 5.10 Å². The van der Waals surface area contributed by atoms with Crippen LogP contribution in [0.3, 0.4) is 0 Å². The van der Waals surface area contributed by atoms with Crippen molar-refractivity contribution in [2.24, 2.45) is 0 Å². The molecule has 0 atom stereocenters. The molecule has 6 heteroatoms. The number of aryl methyl sites for hydroxylation is 1. The summed E-state index contributed by atoms with van der Waals surface area (Å²) in [5.74, 6) is 1.05. The van der Waals surface area contributed by atoms with Crippen molar-refractivity contribution >= 4 is 22.8 Å². The van der Waals surface area contributed by atoms with Crippen LogP contribution in [-0.4, -0.2) is 46.7 Å². The molecule has 3 aromatic heterocycles. The fraction of sp³-hybridized carbons (Fsp3) is 0.412. The molecule has 0 saturated carbocycles. The Morgan fingerprint density at radius 3 is 2.83 bits per heavy atom. The molecule has 23 heavy (non-hydrogen) atoms. The standard InChI is InChI=1S/C17H23N5S/c1-12-13(2)19-16-11-14(15-7-5-10-23-15)20-22(16)17(12)18-8-6-9-21(3)4/h5,7,10-11,18H,6,8-9H2,1-4H3. The van der Waals surface area contributed by atoms with Crippen molar-refractivity contribution in [3.63, 3.8) is 0 Å². The lowest BCUT2D eigenvalue weighted by molar-refractivity contribution is 0.405. The van der Waals surface area contributed by atoms with Gasteiger partial charge in [-0.1, -0.05) is 6.07 Å². The molecule has 0 aliphatic carbocycles. The van der Waals surface area contributed by atoms with E-state index < -0.39 is 0 Å². The maximum absolute atomic E-state index is 4.76. The fourth-order valence-electron chi connectivity index (χ4n) is 2.56. The topological polar surface area (TPSA) is 45.5 Å². The Morgan fingerprint density at radius 2 is 2.13 bits per heavy atom. The van der Waals surface area contributed by atoms with Crippen LogP contribution in [0.4, 0.5) is 5.82 Å². The Kier molecular flexibility index (Phi) is 4.63. The van der Waals surface area contributed by atoms with Crippen molar-refractivity contribution in [2.45, 2.75) is 20.3 Å². The van der Waals surface area contributed by atoms with Gasteiger partial charge in [0, 0.05) is 23.9 Å². The van der Waals surface area contributed by atoms with E-state index in [0.29, 0.717) is 0 Å². The third-order valence-corrected chi connectivity index (χ3v) is 4.82. The lowest BCUT2D eigenvalue weighted by Crippen LogP contribution is -2.18. The van der Waals surface area contributed by atoms with Gasteiger partial charge in [-0.05, 0) is 52.4 Å². The number of fused-ring (bicyclic) bond motifs is 1. The number of rotatable bonds is 6. The molecule has 0 amide bonds. The van der Waals surface area contributed by atoms with E-state index in [1.165, 1.54) is 4.88 Å². The zero-order chi connectivity index (χ0) is 16.4. The predicted octanol–water partition coefficient (Wildman–Crippen LogP) is 3.44. The third kappa shape index (κ3) is 3.38. The van der Waals surface area contributed by atoms with Gasteiger partial charge in [0.25, 0.3) is 0 Å². The van der Waals surface area contributed by atoms with Gasteiger partial charge in [-0.3, -0.25) is 0 Å². The lowest BCUT2D eigenvalue weighted by atomic mass is 10.2. The van der Waals surface area contributed by atoms with Crippen molar-refractivity contribution in [1.29, 1.82) is 0 Å². The van der Waals surface area contributed by atoms with Crippen molar-refractivity contribution in [2.75, 3.05) is 32.5 Å². The normalized spacial score (nSPS) is 11.5. The average Bonchev–Trinajstić information content (AvgIpc) is 3.15. The highest BCUT2D eigenvalue weighted by Crippen LogP contribution is 2.27. The summed E-state index contributed by atoms with van der Waals surface area (Å²) >= 11 is 1.70. The van der Waals surface area contributed by atoms with Gasteiger partial charge in [0.15, 0.2) is 5.65 Å². The van der Waals surface area contributed by atoms with Crippen molar-refractivity contribution in [3.8, 4) is 10.6 Å². The average molecular weight is 329 g/mol. The molecule has 0 saturated heterocycles. The minimum Gasteiger partial charge on any atom is -0.370 e. The largest absolute Gasteiger partial charge is 0.370 e. The van der Waals surface area contributed by atoms with Crippen LogP contribution in [0.1, 0.15) is 17.7 Å². The van der Waals surface area contributed by atoms with Crippen LogP contribution in [0.15, 0.2) is 23.6 Å².